The number of thioether (sulfide) groups is 1. The van der Waals surface area contributed by atoms with Crippen LogP contribution >= 0.6 is 11.8 Å². The molecule has 3 aromatic rings. The number of amides is 2. The van der Waals surface area contributed by atoms with E-state index in [1.165, 1.54) is 12.0 Å². The first kappa shape index (κ1) is 22.2. The molecule has 164 valence electrons. The number of rotatable bonds is 6. The summed E-state index contributed by atoms with van der Waals surface area (Å²) in [4.78, 5) is 26.9. The Kier molecular flexibility index (Phi) is 6.48. The molecule has 0 spiro atoms. The molecule has 1 heterocycles. The molecule has 0 aromatic heterocycles. The lowest BCUT2D eigenvalue weighted by molar-refractivity contribution is -0.113. The van der Waals surface area contributed by atoms with E-state index in [2.05, 4.69) is 6.07 Å². The summed E-state index contributed by atoms with van der Waals surface area (Å²) in [6.45, 7) is 2.16. The first-order valence-corrected chi connectivity index (χ1v) is 11.0. The summed E-state index contributed by atoms with van der Waals surface area (Å²) in [6.07, 6.45) is 1.66. The Morgan fingerprint density at radius 2 is 1.79 bits per heavy atom. The lowest BCUT2D eigenvalue weighted by Crippen LogP contribution is -2.27. The Bertz CT molecular complexity index is 1290. The van der Waals surface area contributed by atoms with E-state index in [1.54, 1.807) is 48.5 Å². The van der Waals surface area contributed by atoms with Gasteiger partial charge in [-0.3, -0.25) is 9.59 Å². The molecule has 0 saturated carbocycles. The fourth-order valence-electron chi connectivity index (χ4n) is 3.34. The summed E-state index contributed by atoms with van der Waals surface area (Å²) in [5, 5.41) is 8.90. The summed E-state index contributed by atoms with van der Waals surface area (Å²) in [6, 6.07) is 21.9. The molecule has 0 N–H and O–H groups in total. The lowest BCUT2D eigenvalue weighted by atomic mass is 10.1. The standard InChI is InChI=1S/C26H20N2O4S/c1-17-7-10-21(11-8-17)28-25(29)24(33-26(28)30)14-18-9-12-22(23(13-18)31-2)32-16-20-6-4-3-5-19(20)15-27/h3-14H,16H2,1-2H3. The minimum Gasteiger partial charge on any atom is -0.493 e. The molecule has 0 bridgehead atoms. The van der Waals surface area contributed by atoms with Gasteiger partial charge in [-0.1, -0.05) is 42.0 Å². The lowest BCUT2D eigenvalue weighted by Gasteiger charge is -2.13. The summed E-state index contributed by atoms with van der Waals surface area (Å²) in [5.74, 6) is 0.632. The van der Waals surface area contributed by atoms with Crippen molar-refractivity contribution in [2.24, 2.45) is 0 Å². The van der Waals surface area contributed by atoms with E-state index < -0.39 is 0 Å². The highest BCUT2D eigenvalue weighted by molar-refractivity contribution is 8.19. The van der Waals surface area contributed by atoms with Gasteiger partial charge in [0.1, 0.15) is 6.61 Å². The van der Waals surface area contributed by atoms with Crippen LogP contribution in [-0.2, 0) is 11.4 Å². The van der Waals surface area contributed by atoms with Crippen molar-refractivity contribution < 1.29 is 19.1 Å². The van der Waals surface area contributed by atoms with Crippen LogP contribution in [-0.4, -0.2) is 18.3 Å². The van der Waals surface area contributed by atoms with E-state index in [0.29, 0.717) is 33.2 Å². The van der Waals surface area contributed by atoms with Crippen molar-refractivity contribution in [3.63, 3.8) is 0 Å². The number of benzene rings is 3. The molecule has 0 atom stereocenters. The zero-order valence-corrected chi connectivity index (χ0v) is 18.9. The number of aryl methyl sites for hydroxylation is 1. The first-order chi connectivity index (χ1) is 16.0. The van der Waals surface area contributed by atoms with E-state index in [1.807, 2.05) is 31.2 Å². The van der Waals surface area contributed by atoms with Crippen LogP contribution < -0.4 is 14.4 Å². The average molecular weight is 457 g/mol. The molecule has 0 aliphatic carbocycles. The highest BCUT2D eigenvalue weighted by Crippen LogP contribution is 2.37. The normalized spacial score (nSPS) is 14.5. The highest BCUT2D eigenvalue weighted by atomic mass is 32.2. The number of nitrogens with zero attached hydrogens (tertiary/aromatic N) is 2. The molecule has 1 saturated heterocycles. The van der Waals surface area contributed by atoms with Crippen LogP contribution in [0.2, 0.25) is 0 Å². The molecule has 6 nitrogen and oxygen atoms in total. The Morgan fingerprint density at radius 3 is 2.52 bits per heavy atom. The van der Waals surface area contributed by atoms with Gasteiger partial charge in [0, 0.05) is 5.56 Å². The Labute approximate surface area is 196 Å². The third kappa shape index (κ3) is 4.76. The van der Waals surface area contributed by atoms with Crippen LogP contribution in [0.25, 0.3) is 6.08 Å². The highest BCUT2D eigenvalue weighted by Gasteiger charge is 2.36. The fourth-order valence-corrected chi connectivity index (χ4v) is 4.18. The van der Waals surface area contributed by atoms with Gasteiger partial charge in [-0.15, -0.1) is 0 Å². The van der Waals surface area contributed by atoms with E-state index in [-0.39, 0.29) is 17.8 Å². The number of nitriles is 1. The van der Waals surface area contributed by atoms with Crippen LogP contribution in [0.1, 0.15) is 22.3 Å². The molecule has 3 aromatic carbocycles. The second-order valence-electron chi connectivity index (χ2n) is 7.32. The van der Waals surface area contributed by atoms with Crippen molar-refractivity contribution in [2.75, 3.05) is 12.0 Å². The van der Waals surface area contributed by atoms with Crippen LogP contribution in [0.4, 0.5) is 10.5 Å². The van der Waals surface area contributed by atoms with Gasteiger partial charge >= 0.3 is 0 Å². The third-order valence-electron chi connectivity index (χ3n) is 5.09. The van der Waals surface area contributed by atoms with Gasteiger partial charge in [-0.05, 0) is 60.7 Å². The molecule has 4 rings (SSSR count). The van der Waals surface area contributed by atoms with Crippen molar-refractivity contribution in [1.29, 1.82) is 5.26 Å². The average Bonchev–Trinajstić information content (AvgIpc) is 3.11. The largest absolute Gasteiger partial charge is 0.493 e. The molecule has 1 aliphatic heterocycles. The summed E-state index contributed by atoms with van der Waals surface area (Å²) in [5.41, 5.74) is 3.62. The van der Waals surface area contributed by atoms with Crippen molar-refractivity contribution in [3.05, 3.63) is 93.9 Å². The van der Waals surface area contributed by atoms with E-state index in [4.69, 9.17) is 9.47 Å². The Balaban J connectivity index is 1.54. The number of anilines is 1. The Hall–Kier alpha value is -4.02. The summed E-state index contributed by atoms with van der Waals surface area (Å²) in [7, 11) is 1.53. The quantitative estimate of drug-likeness (QED) is 0.443. The molecule has 1 fully saturated rings. The maximum atomic E-state index is 12.9. The van der Waals surface area contributed by atoms with Crippen LogP contribution in [0.3, 0.4) is 0 Å². The smallest absolute Gasteiger partial charge is 0.298 e. The van der Waals surface area contributed by atoms with Gasteiger partial charge in [0.2, 0.25) is 0 Å². The summed E-state index contributed by atoms with van der Waals surface area (Å²) >= 11 is 0.901. The van der Waals surface area contributed by atoms with Gasteiger partial charge in [-0.25, -0.2) is 4.90 Å². The second kappa shape index (κ2) is 9.63. The zero-order valence-electron chi connectivity index (χ0n) is 18.1. The molecule has 33 heavy (non-hydrogen) atoms. The van der Waals surface area contributed by atoms with Gasteiger partial charge < -0.3 is 9.47 Å². The molecule has 0 unspecified atom stereocenters. The van der Waals surface area contributed by atoms with Crippen LogP contribution in [0.15, 0.2) is 71.6 Å². The number of carbonyl (C=O) groups is 2. The molecule has 2 amide bonds. The maximum Gasteiger partial charge on any atom is 0.298 e. The van der Waals surface area contributed by atoms with Gasteiger partial charge in [0.05, 0.1) is 29.3 Å². The van der Waals surface area contributed by atoms with Crippen molar-refractivity contribution >= 4 is 34.7 Å². The van der Waals surface area contributed by atoms with Gasteiger partial charge in [0.15, 0.2) is 11.5 Å². The van der Waals surface area contributed by atoms with Crippen molar-refractivity contribution in [1.82, 2.24) is 0 Å². The number of methoxy groups -OCH3 is 1. The topological polar surface area (TPSA) is 79.6 Å². The Morgan fingerprint density at radius 1 is 1.03 bits per heavy atom. The SMILES string of the molecule is COc1cc(C=C2SC(=O)N(c3ccc(C)cc3)C2=O)ccc1OCc1ccccc1C#N. The minimum absolute atomic E-state index is 0.217. The zero-order chi connectivity index (χ0) is 23.4. The third-order valence-corrected chi connectivity index (χ3v) is 5.96. The molecule has 7 heteroatoms. The monoisotopic (exact) mass is 456 g/mol. The van der Waals surface area contributed by atoms with Crippen molar-refractivity contribution in [3.8, 4) is 17.6 Å². The first-order valence-electron chi connectivity index (χ1n) is 10.1. The van der Waals surface area contributed by atoms with Gasteiger partial charge in [0.25, 0.3) is 11.1 Å². The van der Waals surface area contributed by atoms with Gasteiger partial charge in [-0.2, -0.15) is 5.26 Å². The second-order valence-corrected chi connectivity index (χ2v) is 8.31. The van der Waals surface area contributed by atoms with Crippen LogP contribution in [0, 0.1) is 18.3 Å². The maximum absolute atomic E-state index is 12.9. The van der Waals surface area contributed by atoms with Crippen LogP contribution in [0.5, 0.6) is 11.5 Å². The molecule has 1 aliphatic rings. The minimum atomic E-state index is -0.360. The number of hydrogen-bond acceptors (Lipinski definition) is 6. The summed E-state index contributed by atoms with van der Waals surface area (Å²) < 4.78 is 11.3. The number of carbonyl (C=O) groups excluding carboxylic acids is 2. The predicted octanol–water partition coefficient (Wildman–Crippen LogP) is 5.70. The number of ether oxygens (including phenoxy) is 2. The van der Waals surface area contributed by atoms with E-state index in [0.717, 1.165) is 22.9 Å². The fraction of sp³-hybridized carbons (Fsp3) is 0.115. The molecular formula is C26H20N2O4S. The van der Waals surface area contributed by atoms with E-state index >= 15 is 0 Å². The van der Waals surface area contributed by atoms with E-state index in [9.17, 15) is 14.9 Å². The van der Waals surface area contributed by atoms with Crippen molar-refractivity contribution in [2.45, 2.75) is 13.5 Å². The number of hydrogen-bond donors (Lipinski definition) is 0. The molecule has 0 radical (unpaired) electrons. The number of imide groups is 1. The molecular weight excluding hydrogens is 436 g/mol. The predicted molar refractivity (Wildman–Crippen MR) is 128 cm³/mol.